The van der Waals surface area contributed by atoms with Gasteiger partial charge >= 0.3 is 0 Å². The highest BCUT2D eigenvalue weighted by Gasteiger charge is 2.16. The summed E-state index contributed by atoms with van der Waals surface area (Å²) in [5.41, 5.74) is 6.78. The van der Waals surface area contributed by atoms with Gasteiger partial charge < -0.3 is 10.8 Å². The standard InChI is InChI=1S/C14H20ClNO2/c1-2-3-4-5-12(17)10-6-7-13(18)14(15)11(10)8-9-16/h6-7,18H,2-5,8-9,16H2,1H3. The lowest BCUT2D eigenvalue weighted by molar-refractivity contribution is 0.0978. The van der Waals surface area contributed by atoms with Gasteiger partial charge in [-0.15, -0.1) is 0 Å². The number of phenols is 1. The first kappa shape index (κ1) is 15.0. The molecule has 1 aromatic rings. The molecule has 0 saturated heterocycles. The van der Waals surface area contributed by atoms with Gasteiger partial charge in [-0.3, -0.25) is 4.79 Å². The number of Topliss-reactive ketones (excluding diaryl/α,β-unsaturated/α-hetero) is 1. The zero-order chi connectivity index (χ0) is 13.5. The fraction of sp³-hybridized carbons (Fsp3) is 0.500. The van der Waals surface area contributed by atoms with Crippen LogP contribution in [0.5, 0.6) is 5.75 Å². The van der Waals surface area contributed by atoms with Crippen LogP contribution in [0.15, 0.2) is 12.1 Å². The molecule has 100 valence electrons. The topological polar surface area (TPSA) is 63.3 Å². The van der Waals surface area contributed by atoms with Gasteiger partial charge in [-0.05, 0) is 37.1 Å². The number of nitrogens with two attached hydrogens (primary N) is 1. The molecule has 0 atom stereocenters. The number of aromatic hydroxyl groups is 1. The fourth-order valence-corrected chi connectivity index (χ4v) is 2.19. The predicted molar refractivity (Wildman–Crippen MR) is 74.3 cm³/mol. The molecule has 0 saturated carbocycles. The van der Waals surface area contributed by atoms with E-state index in [1.54, 1.807) is 6.07 Å². The second-order valence-corrected chi connectivity index (χ2v) is 4.72. The number of rotatable bonds is 7. The Labute approximate surface area is 113 Å². The molecule has 4 heteroatoms. The van der Waals surface area contributed by atoms with E-state index in [1.807, 2.05) is 0 Å². The molecule has 0 fully saturated rings. The predicted octanol–water partition coefficient (Wildman–Crippen LogP) is 3.31. The minimum atomic E-state index is 0.00484. The molecule has 0 aromatic heterocycles. The van der Waals surface area contributed by atoms with Crippen LogP contribution in [0.3, 0.4) is 0 Å². The second kappa shape index (κ2) is 7.39. The zero-order valence-corrected chi connectivity index (χ0v) is 11.5. The minimum absolute atomic E-state index is 0.00484. The van der Waals surface area contributed by atoms with E-state index in [1.165, 1.54) is 6.07 Å². The van der Waals surface area contributed by atoms with Gasteiger partial charge in [-0.2, -0.15) is 0 Å². The largest absolute Gasteiger partial charge is 0.506 e. The summed E-state index contributed by atoms with van der Waals surface area (Å²) in [5, 5.41) is 9.81. The molecule has 0 bridgehead atoms. The van der Waals surface area contributed by atoms with E-state index < -0.39 is 0 Å². The normalized spacial score (nSPS) is 10.6. The summed E-state index contributed by atoms with van der Waals surface area (Å²) in [6.07, 6.45) is 4.04. The van der Waals surface area contributed by atoms with Gasteiger partial charge in [0, 0.05) is 12.0 Å². The lowest BCUT2D eigenvalue weighted by Crippen LogP contribution is -2.10. The SMILES string of the molecule is CCCCCC(=O)c1ccc(O)c(Cl)c1CCN. The van der Waals surface area contributed by atoms with Gasteiger partial charge in [0.05, 0.1) is 5.02 Å². The highest BCUT2D eigenvalue weighted by Crippen LogP contribution is 2.30. The molecule has 0 spiro atoms. The summed E-state index contributed by atoms with van der Waals surface area (Å²) >= 11 is 6.02. The summed E-state index contributed by atoms with van der Waals surface area (Å²) in [6.45, 7) is 2.50. The lowest BCUT2D eigenvalue weighted by atomic mass is 9.97. The van der Waals surface area contributed by atoms with Crippen LogP contribution in [-0.4, -0.2) is 17.4 Å². The van der Waals surface area contributed by atoms with Crippen molar-refractivity contribution < 1.29 is 9.90 Å². The quantitative estimate of drug-likeness (QED) is 0.590. The van der Waals surface area contributed by atoms with Crippen LogP contribution in [0.2, 0.25) is 5.02 Å². The van der Waals surface area contributed by atoms with E-state index >= 15 is 0 Å². The third kappa shape index (κ3) is 3.72. The van der Waals surface area contributed by atoms with Crippen molar-refractivity contribution in [2.75, 3.05) is 6.54 Å². The molecule has 0 aliphatic carbocycles. The summed E-state index contributed by atoms with van der Waals surface area (Å²) in [6, 6.07) is 3.11. The molecule has 1 aromatic carbocycles. The molecular formula is C14H20ClNO2. The van der Waals surface area contributed by atoms with Gasteiger partial charge in [-0.1, -0.05) is 31.4 Å². The Morgan fingerprint density at radius 2 is 2.11 bits per heavy atom. The van der Waals surface area contributed by atoms with Crippen LogP contribution in [0, 0.1) is 0 Å². The second-order valence-electron chi connectivity index (χ2n) is 4.34. The smallest absolute Gasteiger partial charge is 0.163 e. The number of halogens is 1. The lowest BCUT2D eigenvalue weighted by Gasteiger charge is -2.11. The molecule has 0 amide bonds. The molecule has 1 rings (SSSR count). The number of phenolic OH excluding ortho intramolecular Hbond substituents is 1. The number of hydrogen-bond acceptors (Lipinski definition) is 3. The van der Waals surface area contributed by atoms with Gasteiger partial charge in [-0.25, -0.2) is 0 Å². The van der Waals surface area contributed by atoms with Crippen molar-refractivity contribution in [2.45, 2.75) is 39.0 Å². The van der Waals surface area contributed by atoms with E-state index in [2.05, 4.69) is 6.92 Å². The monoisotopic (exact) mass is 269 g/mol. The maximum absolute atomic E-state index is 12.1. The molecule has 3 nitrogen and oxygen atoms in total. The van der Waals surface area contributed by atoms with E-state index in [4.69, 9.17) is 17.3 Å². The first-order chi connectivity index (χ1) is 8.61. The first-order valence-corrected chi connectivity index (χ1v) is 6.73. The van der Waals surface area contributed by atoms with Crippen molar-refractivity contribution in [3.05, 3.63) is 28.3 Å². The van der Waals surface area contributed by atoms with E-state index in [9.17, 15) is 9.90 Å². The van der Waals surface area contributed by atoms with Gasteiger partial charge in [0.15, 0.2) is 5.78 Å². The van der Waals surface area contributed by atoms with Crippen molar-refractivity contribution >= 4 is 17.4 Å². The third-order valence-electron chi connectivity index (χ3n) is 2.92. The van der Waals surface area contributed by atoms with Crippen LogP contribution in [0.4, 0.5) is 0 Å². The van der Waals surface area contributed by atoms with Crippen LogP contribution in [0.25, 0.3) is 0 Å². The van der Waals surface area contributed by atoms with E-state index in [-0.39, 0.29) is 16.6 Å². The maximum atomic E-state index is 12.1. The van der Waals surface area contributed by atoms with Crippen molar-refractivity contribution in [3.63, 3.8) is 0 Å². The number of unbranched alkanes of at least 4 members (excludes halogenated alkanes) is 2. The van der Waals surface area contributed by atoms with Gasteiger partial charge in [0.1, 0.15) is 5.75 Å². The fourth-order valence-electron chi connectivity index (χ4n) is 1.93. The number of ketones is 1. The highest BCUT2D eigenvalue weighted by molar-refractivity contribution is 6.33. The Hall–Kier alpha value is -1.06. The van der Waals surface area contributed by atoms with Gasteiger partial charge in [0.2, 0.25) is 0 Å². The average molecular weight is 270 g/mol. The summed E-state index contributed by atoms with van der Waals surface area (Å²) in [7, 11) is 0. The summed E-state index contributed by atoms with van der Waals surface area (Å²) in [4.78, 5) is 12.1. The van der Waals surface area contributed by atoms with Crippen LogP contribution < -0.4 is 5.73 Å². The molecule has 0 heterocycles. The Balaban J connectivity index is 2.93. The number of carbonyl (C=O) groups is 1. The number of benzene rings is 1. The van der Waals surface area contributed by atoms with E-state index in [0.29, 0.717) is 30.5 Å². The first-order valence-electron chi connectivity index (χ1n) is 6.35. The highest BCUT2D eigenvalue weighted by atomic mass is 35.5. The molecule has 18 heavy (non-hydrogen) atoms. The van der Waals surface area contributed by atoms with Crippen molar-refractivity contribution in [2.24, 2.45) is 5.73 Å². The molecule has 3 N–H and O–H groups in total. The summed E-state index contributed by atoms with van der Waals surface area (Å²) in [5.74, 6) is 0.0824. The van der Waals surface area contributed by atoms with Crippen molar-refractivity contribution in [1.29, 1.82) is 0 Å². The number of hydrogen-bond donors (Lipinski definition) is 2. The van der Waals surface area contributed by atoms with Crippen molar-refractivity contribution in [1.82, 2.24) is 0 Å². The average Bonchev–Trinajstić information content (AvgIpc) is 2.35. The molecule has 0 aliphatic heterocycles. The molecule has 0 unspecified atom stereocenters. The Morgan fingerprint density at radius 3 is 2.72 bits per heavy atom. The molecule has 0 radical (unpaired) electrons. The number of carbonyl (C=O) groups excluding carboxylic acids is 1. The third-order valence-corrected chi connectivity index (χ3v) is 3.35. The van der Waals surface area contributed by atoms with Crippen LogP contribution >= 0.6 is 11.6 Å². The van der Waals surface area contributed by atoms with E-state index in [0.717, 1.165) is 19.3 Å². The van der Waals surface area contributed by atoms with Crippen LogP contribution in [0.1, 0.15) is 48.5 Å². The Morgan fingerprint density at radius 1 is 1.39 bits per heavy atom. The molecular weight excluding hydrogens is 250 g/mol. The van der Waals surface area contributed by atoms with Crippen molar-refractivity contribution in [3.8, 4) is 5.75 Å². The zero-order valence-electron chi connectivity index (χ0n) is 10.7. The maximum Gasteiger partial charge on any atom is 0.163 e. The molecule has 0 aliphatic rings. The van der Waals surface area contributed by atoms with Gasteiger partial charge in [0.25, 0.3) is 0 Å². The minimum Gasteiger partial charge on any atom is -0.506 e. The Kier molecular flexibility index (Phi) is 6.16. The van der Waals surface area contributed by atoms with Crippen LogP contribution in [-0.2, 0) is 6.42 Å². The summed E-state index contributed by atoms with van der Waals surface area (Å²) < 4.78 is 0. The Bertz CT molecular complexity index is 419.